The van der Waals surface area contributed by atoms with Crippen molar-refractivity contribution in [3.8, 4) is 5.75 Å². The topological polar surface area (TPSA) is 70.1 Å². The molecular weight excluding hydrogens is 428 g/mol. The van der Waals surface area contributed by atoms with Crippen LogP contribution in [0.4, 0.5) is 0 Å². The Morgan fingerprint density at radius 2 is 1.65 bits per heavy atom. The third kappa shape index (κ3) is 5.02. The largest absolute Gasteiger partial charge is 0.507 e. The van der Waals surface area contributed by atoms with Gasteiger partial charge in [-0.15, -0.1) is 0 Å². The van der Waals surface area contributed by atoms with Crippen LogP contribution < -0.4 is 4.74 Å². The van der Waals surface area contributed by atoms with E-state index in [0.29, 0.717) is 24.4 Å². The van der Waals surface area contributed by atoms with Crippen LogP contribution in [0.25, 0.3) is 5.76 Å². The molecule has 2 aromatic rings. The third-order valence-electron chi connectivity index (χ3n) is 6.55. The lowest BCUT2D eigenvalue weighted by Crippen LogP contribution is -2.38. The van der Waals surface area contributed by atoms with Crippen molar-refractivity contribution in [3.63, 3.8) is 0 Å². The van der Waals surface area contributed by atoms with Crippen LogP contribution in [0.1, 0.15) is 57.4 Å². The molecule has 1 atom stereocenters. The molecule has 1 saturated heterocycles. The molecule has 0 bridgehead atoms. The van der Waals surface area contributed by atoms with Crippen molar-refractivity contribution >= 4 is 17.4 Å². The van der Waals surface area contributed by atoms with Crippen LogP contribution in [0.5, 0.6) is 5.75 Å². The van der Waals surface area contributed by atoms with Crippen molar-refractivity contribution in [2.75, 3.05) is 33.3 Å². The predicted octanol–water partition coefficient (Wildman–Crippen LogP) is 4.76. The molecule has 34 heavy (non-hydrogen) atoms. The Morgan fingerprint density at radius 3 is 2.21 bits per heavy atom. The predicted molar refractivity (Wildman–Crippen MR) is 135 cm³/mol. The highest BCUT2D eigenvalue weighted by atomic mass is 16.5. The number of ether oxygens (including phenoxy) is 1. The van der Waals surface area contributed by atoms with Crippen molar-refractivity contribution in [3.05, 3.63) is 70.8 Å². The maximum absolute atomic E-state index is 13.3. The summed E-state index contributed by atoms with van der Waals surface area (Å²) in [6.45, 7) is 13.3. The number of likely N-dealkylation sites (N-methyl/N-ethyl adjacent to an activating group) is 1. The summed E-state index contributed by atoms with van der Waals surface area (Å²) in [7, 11) is 1.51. The number of nitrogens with zero attached hydrogens (tertiary/aromatic N) is 2. The second-order valence-electron chi connectivity index (χ2n) is 9.59. The third-order valence-corrected chi connectivity index (χ3v) is 6.55. The summed E-state index contributed by atoms with van der Waals surface area (Å²) in [6.07, 6.45) is 0. The lowest BCUT2D eigenvalue weighted by atomic mass is 9.85. The van der Waals surface area contributed by atoms with Gasteiger partial charge >= 0.3 is 0 Å². The number of aliphatic hydroxyl groups excluding tert-OH is 1. The Hall–Kier alpha value is -3.12. The fraction of sp³-hybridized carbons (Fsp3) is 0.429. The van der Waals surface area contributed by atoms with Crippen LogP contribution in [0.15, 0.2) is 54.1 Å². The van der Waals surface area contributed by atoms with Crippen LogP contribution in [0.2, 0.25) is 0 Å². The van der Waals surface area contributed by atoms with Gasteiger partial charge in [0.1, 0.15) is 11.5 Å². The standard InChI is InChI=1S/C28H36N2O4/c1-7-29(8-2)17-18-30-24(19-13-15-20(16-14-19)28(3,4)5)23(26(32)27(30)33)25(31)21-11-9-10-12-22(21)34-6/h9-16,24,31H,7-8,17-18H2,1-6H3/b25-23-. The highest BCUT2D eigenvalue weighted by Gasteiger charge is 2.46. The Bertz CT molecular complexity index is 1060. The molecule has 0 radical (unpaired) electrons. The van der Waals surface area contributed by atoms with E-state index in [1.54, 1.807) is 29.2 Å². The van der Waals surface area contributed by atoms with Crippen molar-refractivity contribution in [1.29, 1.82) is 0 Å². The molecule has 1 N–H and O–H groups in total. The molecule has 0 spiro atoms. The first kappa shape index (κ1) is 25.5. The van der Waals surface area contributed by atoms with E-state index < -0.39 is 17.7 Å². The number of rotatable bonds is 8. The summed E-state index contributed by atoms with van der Waals surface area (Å²) in [5.74, 6) is -1.04. The van der Waals surface area contributed by atoms with E-state index in [1.807, 2.05) is 24.3 Å². The molecule has 0 aliphatic carbocycles. The van der Waals surface area contributed by atoms with Crippen LogP contribution in [0.3, 0.4) is 0 Å². The Balaban J connectivity index is 2.14. The summed E-state index contributed by atoms with van der Waals surface area (Å²) in [5, 5.41) is 11.3. The number of methoxy groups -OCH3 is 1. The van der Waals surface area contributed by atoms with Crippen molar-refractivity contribution in [1.82, 2.24) is 9.80 Å². The first-order chi connectivity index (χ1) is 16.1. The highest BCUT2D eigenvalue weighted by Crippen LogP contribution is 2.41. The minimum Gasteiger partial charge on any atom is -0.507 e. The lowest BCUT2D eigenvalue weighted by Gasteiger charge is -2.29. The molecular formula is C28H36N2O4. The molecule has 1 fully saturated rings. The smallest absolute Gasteiger partial charge is 0.295 e. The van der Waals surface area contributed by atoms with Crippen LogP contribution in [-0.2, 0) is 15.0 Å². The number of hydrogen-bond donors (Lipinski definition) is 1. The zero-order valence-corrected chi connectivity index (χ0v) is 21.1. The van der Waals surface area contributed by atoms with Gasteiger partial charge in [0.25, 0.3) is 11.7 Å². The average Bonchev–Trinajstić information content (AvgIpc) is 3.08. The number of para-hydroxylation sites is 1. The van der Waals surface area contributed by atoms with Crippen LogP contribution in [0, 0.1) is 0 Å². The molecule has 0 saturated carbocycles. The SMILES string of the molecule is CCN(CC)CCN1C(=O)C(=O)/C(=C(\O)c2ccccc2OC)C1c1ccc(C(C)(C)C)cc1. The second kappa shape index (κ2) is 10.4. The van der Waals surface area contributed by atoms with E-state index in [-0.39, 0.29) is 16.7 Å². The molecule has 2 aromatic carbocycles. The summed E-state index contributed by atoms with van der Waals surface area (Å²) in [5.41, 5.74) is 2.41. The Morgan fingerprint density at radius 1 is 1.03 bits per heavy atom. The summed E-state index contributed by atoms with van der Waals surface area (Å²) >= 11 is 0. The molecule has 1 aliphatic heterocycles. The summed E-state index contributed by atoms with van der Waals surface area (Å²) in [4.78, 5) is 30.2. The first-order valence-corrected chi connectivity index (χ1v) is 11.9. The molecule has 3 rings (SSSR count). The van der Waals surface area contributed by atoms with Crippen molar-refractivity contribution in [2.45, 2.75) is 46.1 Å². The van der Waals surface area contributed by atoms with E-state index >= 15 is 0 Å². The fourth-order valence-corrected chi connectivity index (χ4v) is 4.40. The highest BCUT2D eigenvalue weighted by molar-refractivity contribution is 6.46. The molecule has 1 heterocycles. The van der Waals surface area contributed by atoms with Gasteiger partial charge in [-0.3, -0.25) is 9.59 Å². The van der Waals surface area contributed by atoms with Gasteiger partial charge in [-0.2, -0.15) is 0 Å². The van der Waals surface area contributed by atoms with Crippen molar-refractivity contribution < 1.29 is 19.4 Å². The zero-order chi connectivity index (χ0) is 25.0. The molecule has 1 unspecified atom stereocenters. The number of likely N-dealkylation sites (tertiary alicyclic amines) is 1. The molecule has 6 nitrogen and oxygen atoms in total. The number of hydrogen-bond acceptors (Lipinski definition) is 5. The molecule has 6 heteroatoms. The lowest BCUT2D eigenvalue weighted by molar-refractivity contribution is -0.140. The minimum absolute atomic E-state index is 0.0273. The second-order valence-corrected chi connectivity index (χ2v) is 9.59. The van der Waals surface area contributed by atoms with Gasteiger partial charge in [0, 0.05) is 13.1 Å². The molecule has 182 valence electrons. The number of aliphatic hydroxyl groups is 1. The van der Waals surface area contributed by atoms with E-state index in [4.69, 9.17) is 4.74 Å². The van der Waals surface area contributed by atoms with Crippen molar-refractivity contribution in [2.24, 2.45) is 0 Å². The quantitative estimate of drug-likeness (QED) is 0.347. The van der Waals surface area contributed by atoms with Gasteiger partial charge in [-0.1, -0.05) is 71.0 Å². The normalized spacial score (nSPS) is 18.1. The van der Waals surface area contributed by atoms with Crippen LogP contribution >= 0.6 is 0 Å². The maximum Gasteiger partial charge on any atom is 0.295 e. The van der Waals surface area contributed by atoms with Gasteiger partial charge in [0.05, 0.1) is 24.3 Å². The van der Waals surface area contributed by atoms with E-state index in [0.717, 1.165) is 24.2 Å². The van der Waals surface area contributed by atoms with Crippen LogP contribution in [-0.4, -0.2) is 59.9 Å². The molecule has 1 amide bonds. The minimum atomic E-state index is -0.673. The fourth-order valence-electron chi connectivity index (χ4n) is 4.40. The molecule has 0 aromatic heterocycles. The van der Waals surface area contributed by atoms with Gasteiger partial charge in [-0.25, -0.2) is 0 Å². The average molecular weight is 465 g/mol. The number of carbonyl (C=O) groups is 2. The van der Waals surface area contributed by atoms with E-state index in [1.165, 1.54) is 7.11 Å². The Labute approximate surface area is 202 Å². The number of carbonyl (C=O) groups excluding carboxylic acids is 2. The zero-order valence-electron chi connectivity index (χ0n) is 21.1. The number of ketones is 1. The first-order valence-electron chi connectivity index (χ1n) is 11.9. The number of benzene rings is 2. The monoisotopic (exact) mass is 464 g/mol. The van der Waals surface area contributed by atoms with E-state index in [2.05, 4.69) is 39.5 Å². The van der Waals surface area contributed by atoms with E-state index in [9.17, 15) is 14.7 Å². The van der Waals surface area contributed by atoms with Gasteiger partial charge in [-0.05, 0) is 41.8 Å². The van der Waals surface area contributed by atoms with Gasteiger partial charge in [0.15, 0.2) is 0 Å². The van der Waals surface area contributed by atoms with Gasteiger partial charge in [0.2, 0.25) is 0 Å². The molecule has 1 aliphatic rings. The number of amides is 1. The van der Waals surface area contributed by atoms with Gasteiger partial charge < -0.3 is 19.6 Å². The maximum atomic E-state index is 13.3. The summed E-state index contributed by atoms with van der Waals surface area (Å²) < 4.78 is 5.41. The Kier molecular flexibility index (Phi) is 7.82. The summed E-state index contributed by atoms with van der Waals surface area (Å²) in [6, 6.07) is 14.3. The number of Topliss-reactive ketones (excluding diaryl/α,β-unsaturated/α-hetero) is 1.